The molecule has 0 aromatic carbocycles. The molecule has 1 heterocycles. The molecule has 40 valence electrons. The molecule has 0 unspecified atom stereocenters. The average Bonchev–Trinajstić information content (AvgIpc) is 1.86. The van der Waals surface area contributed by atoms with Crippen LogP contribution in [0.2, 0.25) is 0 Å². The van der Waals surface area contributed by atoms with Crippen molar-refractivity contribution in [1.82, 2.24) is 4.57 Å². The Bertz CT molecular complexity index is 116. The number of rotatable bonds is 0. The van der Waals surface area contributed by atoms with Crippen LogP contribution in [0.4, 0.5) is 0 Å². The molecule has 0 amide bonds. The molecule has 0 fully saturated rings. The minimum Gasteiger partial charge on any atom is -1.00 e. The Hall–Kier alpha value is 0.526. The second-order valence-corrected chi connectivity index (χ2v) is 1.25. The normalized spacial score (nSPS) is 6.62. The Kier molecular flexibility index (Phi) is 8.02. The van der Waals surface area contributed by atoms with Crippen molar-refractivity contribution in [1.29, 1.82) is 0 Å². The van der Waals surface area contributed by atoms with Gasteiger partial charge in [-0.15, -0.1) is 12.4 Å². The van der Waals surface area contributed by atoms with Crippen molar-refractivity contribution >= 4 is 23.1 Å². The molecule has 1 aromatic rings. The van der Waals surface area contributed by atoms with Gasteiger partial charge in [0, 0.05) is 0 Å². The van der Waals surface area contributed by atoms with E-state index in [1.807, 2.05) is 29.9 Å². The zero-order valence-electron chi connectivity index (χ0n) is 4.76. The number of nitrogens with zero attached hydrogens (tertiary/aromatic N) is 1. The van der Waals surface area contributed by atoms with Crippen molar-refractivity contribution in [2.75, 3.05) is 0 Å². The zero-order valence-corrected chi connectivity index (χ0v) is 7.76. The van der Waals surface area contributed by atoms with Crippen LogP contribution >= 0.6 is 0 Å². The summed E-state index contributed by atoms with van der Waals surface area (Å²) < 4.78 is 1.88. The van der Waals surface area contributed by atoms with Gasteiger partial charge in [-0.2, -0.15) is 12.1 Å². The van der Waals surface area contributed by atoms with Gasteiger partial charge in [0.15, 0.2) is 0 Å². The van der Waals surface area contributed by atoms with Crippen LogP contribution in [0.5, 0.6) is 0 Å². The van der Waals surface area contributed by atoms with E-state index in [2.05, 4.69) is 6.20 Å². The van der Waals surface area contributed by atoms with Crippen molar-refractivity contribution in [3.05, 3.63) is 24.5 Å². The van der Waals surface area contributed by atoms with Gasteiger partial charge in [-0.3, -0.25) is 0 Å². The molecule has 0 aliphatic carbocycles. The summed E-state index contributed by atoms with van der Waals surface area (Å²) in [5.74, 6) is 0. The van der Waals surface area contributed by atoms with Gasteiger partial charge in [0.25, 0.3) is 0 Å². The maximum atomic E-state index is 2.92. The van der Waals surface area contributed by atoms with Crippen LogP contribution in [0.3, 0.4) is 0 Å². The van der Waals surface area contributed by atoms with E-state index in [0.29, 0.717) is 0 Å². The molecule has 8 heavy (non-hydrogen) atoms. The first kappa shape index (κ1) is 11.3. The minimum absolute atomic E-state index is 0. The first-order valence-electron chi connectivity index (χ1n) is 1.88. The summed E-state index contributed by atoms with van der Waals surface area (Å²) in [7, 11) is 1.94. The van der Waals surface area contributed by atoms with Gasteiger partial charge in [0.2, 0.25) is 0 Å². The standard InChI is InChI=1S/C5H6N.BrH.Mg/c1-6-4-2-3-5-6;;/h2-4H,1H3;1H;/q-1;;+2/p-1. The number of hydrogen-bond donors (Lipinski definition) is 0. The van der Waals surface area contributed by atoms with Crippen molar-refractivity contribution in [3.8, 4) is 0 Å². The van der Waals surface area contributed by atoms with Crippen molar-refractivity contribution in [3.63, 3.8) is 0 Å². The molecule has 0 atom stereocenters. The van der Waals surface area contributed by atoms with E-state index in [1.54, 1.807) is 0 Å². The molecule has 1 nitrogen and oxygen atoms in total. The first-order valence-corrected chi connectivity index (χ1v) is 1.88. The minimum atomic E-state index is 0. The van der Waals surface area contributed by atoms with Gasteiger partial charge >= 0.3 is 23.1 Å². The molecule has 0 N–H and O–H groups in total. The molecule has 0 aliphatic rings. The van der Waals surface area contributed by atoms with Crippen LogP contribution < -0.4 is 17.0 Å². The summed E-state index contributed by atoms with van der Waals surface area (Å²) in [6.07, 6.45) is 4.86. The second-order valence-electron chi connectivity index (χ2n) is 1.25. The van der Waals surface area contributed by atoms with Crippen LogP contribution in [0.1, 0.15) is 0 Å². The predicted molar refractivity (Wildman–Crippen MR) is 30.0 cm³/mol. The van der Waals surface area contributed by atoms with Crippen LogP contribution in [-0.2, 0) is 7.05 Å². The van der Waals surface area contributed by atoms with Gasteiger partial charge in [-0.25, -0.2) is 0 Å². The molecule has 3 heteroatoms. The van der Waals surface area contributed by atoms with E-state index in [1.165, 1.54) is 0 Å². The van der Waals surface area contributed by atoms with E-state index in [0.717, 1.165) is 0 Å². The molecule has 0 saturated heterocycles. The fourth-order valence-electron chi connectivity index (χ4n) is 0.376. The van der Waals surface area contributed by atoms with Gasteiger partial charge in [-0.1, -0.05) is 0 Å². The Morgan fingerprint density at radius 1 is 1.50 bits per heavy atom. The molecular weight excluding hydrogens is 178 g/mol. The van der Waals surface area contributed by atoms with Gasteiger partial charge in [-0.05, 0) is 7.05 Å². The fraction of sp³-hybridized carbons (Fsp3) is 0.200. The molecule has 0 aliphatic heterocycles. The van der Waals surface area contributed by atoms with Crippen molar-refractivity contribution in [2.45, 2.75) is 0 Å². The average molecular weight is 184 g/mol. The van der Waals surface area contributed by atoms with E-state index in [9.17, 15) is 0 Å². The zero-order chi connectivity index (χ0) is 4.41. The maximum Gasteiger partial charge on any atom is 2.00 e. The molecule has 0 radical (unpaired) electrons. The predicted octanol–water partition coefficient (Wildman–Crippen LogP) is -2.55. The third kappa shape index (κ3) is 3.52. The summed E-state index contributed by atoms with van der Waals surface area (Å²) >= 11 is 0. The first-order chi connectivity index (χ1) is 2.89. The summed E-state index contributed by atoms with van der Waals surface area (Å²) in [5.41, 5.74) is 0. The van der Waals surface area contributed by atoms with Gasteiger partial charge in [0.1, 0.15) is 0 Å². The quantitative estimate of drug-likeness (QED) is 0.309. The number of hydrogen-bond acceptors (Lipinski definition) is 0. The maximum absolute atomic E-state index is 2.92. The van der Waals surface area contributed by atoms with Crippen LogP contribution in [0.15, 0.2) is 18.3 Å². The SMILES string of the molecule is Cn1[c-]ccc1.[Br-].[Mg+2]. The smallest absolute Gasteiger partial charge is 1.00 e. The molecule has 0 bridgehead atoms. The number of aromatic nitrogens is 1. The van der Waals surface area contributed by atoms with Gasteiger partial charge in [0.05, 0.1) is 0 Å². The van der Waals surface area contributed by atoms with E-state index < -0.39 is 0 Å². The second kappa shape index (κ2) is 5.66. The third-order valence-corrected chi connectivity index (χ3v) is 0.684. The summed E-state index contributed by atoms with van der Waals surface area (Å²) in [6.45, 7) is 0. The van der Waals surface area contributed by atoms with Crippen LogP contribution in [0.25, 0.3) is 0 Å². The molecule has 1 rings (SSSR count). The Labute approximate surface area is 76.0 Å². The molecule has 0 saturated carbocycles. The molecule has 0 spiro atoms. The van der Waals surface area contributed by atoms with E-state index in [4.69, 9.17) is 0 Å². The summed E-state index contributed by atoms with van der Waals surface area (Å²) in [6, 6.07) is 3.82. The van der Waals surface area contributed by atoms with E-state index in [-0.39, 0.29) is 40.0 Å². The van der Waals surface area contributed by atoms with Crippen LogP contribution in [-0.4, -0.2) is 27.6 Å². The van der Waals surface area contributed by atoms with Gasteiger partial charge < -0.3 is 21.5 Å². The number of halogens is 1. The summed E-state index contributed by atoms with van der Waals surface area (Å²) in [5, 5.41) is 0. The fourth-order valence-corrected chi connectivity index (χ4v) is 0.376. The Morgan fingerprint density at radius 3 is 2.25 bits per heavy atom. The molecular formula is C5H6BrMgN. The van der Waals surface area contributed by atoms with Crippen LogP contribution in [0, 0.1) is 6.20 Å². The Balaban J connectivity index is 0. The molecule has 1 aromatic heterocycles. The largest absolute Gasteiger partial charge is 2.00 e. The summed E-state index contributed by atoms with van der Waals surface area (Å²) in [4.78, 5) is 0. The van der Waals surface area contributed by atoms with E-state index >= 15 is 0 Å². The third-order valence-electron chi connectivity index (χ3n) is 0.684. The van der Waals surface area contributed by atoms with Crippen molar-refractivity contribution in [2.24, 2.45) is 7.05 Å². The van der Waals surface area contributed by atoms with Crippen molar-refractivity contribution < 1.29 is 17.0 Å². The Morgan fingerprint density at radius 2 is 2.12 bits per heavy atom. The number of aryl methyl sites for hydroxylation is 1. The monoisotopic (exact) mass is 183 g/mol. The topological polar surface area (TPSA) is 4.93 Å².